The summed E-state index contributed by atoms with van der Waals surface area (Å²) in [6.45, 7) is 4.35. The molecule has 0 heterocycles. The normalized spacial score (nSPS) is 16.4. The maximum atomic E-state index is 5.84. The van der Waals surface area contributed by atoms with Gasteiger partial charge in [-0.2, -0.15) is 0 Å². The Kier molecular flexibility index (Phi) is 6.57. The highest BCUT2D eigenvalue weighted by Crippen LogP contribution is 2.05. The van der Waals surface area contributed by atoms with Gasteiger partial charge in [-0.3, -0.25) is 0 Å². The second-order valence-electron chi connectivity index (χ2n) is 3.18. The molecule has 0 aromatic rings. The van der Waals surface area contributed by atoms with Crippen LogP contribution in [0.4, 0.5) is 0 Å². The smallest absolute Gasteiger partial charge is 0.00786 e. The van der Waals surface area contributed by atoms with Gasteiger partial charge in [-0.25, -0.2) is 0 Å². The van der Waals surface area contributed by atoms with Crippen molar-refractivity contribution < 1.29 is 0 Å². The van der Waals surface area contributed by atoms with Gasteiger partial charge in [0.2, 0.25) is 0 Å². The van der Waals surface area contributed by atoms with E-state index in [4.69, 9.17) is 5.73 Å². The molecule has 68 valence electrons. The van der Waals surface area contributed by atoms with Gasteiger partial charge in [-0.15, -0.1) is 0 Å². The molecule has 2 nitrogen and oxygen atoms in total. The highest BCUT2D eigenvalue weighted by Gasteiger charge is 2.08. The summed E-state index contributed by atoms with van der Waals surface area (Å²) in [7, 11) is 2.02. The molecule has 0 amide bonds. The molecule has 0 saturated carbocycles. The van der Waals surface area contributed by atoms with Crippen molar-refractivity contribution in [2.75, 3.05) is 7.05 Å². The monoisotopic (exact) mass is 158 g/mol. The van der Waals surface area contributed by atoms with Gasteiger partial charge < -0.3 is 11.1 Å². The van der Waals surface area contributed by atoms with Crippen molar-refractivity contribution in [1.82, 2.24) is 5.32 Å². The number of rotatable bonds is 6. The van der Waals surface area contributed by atoms with E-state index < -0.39 is 0 Å². The summed E-state index contributed by atoms with van der Waals surface area (Å²) in [5.74, 6) is 0. The zero-order chi connectivity index (χ0) is 8.69. The van der Waals surface area contributed by atoms with E-state index >= 15 is 0 Å². The lowest BCUT2D eigenvalue weighted by Crippen LogP contribution is -2.33. The van der Waals surface area contributed by atoms with E-state index in [0.717, 1.165) is 12.8 Å². The fourth-order valence-electron chi connectivity index (χ4n) is 1.26. The fourth-order valence-corrected chi connectivity index (χ4v) is 1.26. The van der Waals surface area contributed by atoms with Crippen LogP contribution in [0.15, 0.2) is 0 Å². The third-order valence-electron chi connectivity index (χ3n) is 2.16. The SMILES string of the molecule is CCCC(CC(N)CC)NC. The van der Waals surface area contributed by atoms with Crippen molar-refractivity contribution in [1.29, 1.82) is 0 Å². The van der Waals surface area contributed by atoms with Crippen LogP contribution in [0, 0.1) is 0 Å². The molecule has 0 aromatic carbocycles. The Balaban J connectivity index is 3.49. The van der Waals surface area contributed by atoms with Gasteiger partial charge in [0.25, 0.3) is 0 Å². The quantitative estimate of drug-likeness (QED) is 0.615. The van der Waals surface area contributed by atoms with E-state index in [9.17, 15) is 0 Å². The Bertz CT molecular complexity index is 83.6. The lowest BCUT2D eigenvalue weighted by molar-refractivity contribution is 0.432. The van der Waals surface area contributed by atoms with Crippen molar-refractivity contribution in [2.45, 2.75) is 51.6 Å². The van der Waals surface area contributed by atoms with Crippen LogP contribution in [-0.2, 0) is 0 Å². The molecule has 11 heavy (non-hydrogen) atoms. The summed E-state index contributed by atoms with van der Waals surface area (Å²) in [6.07, 6.45) is 4.68. The Morgan fingerprint density at radius 3 is 2.36 bits per heavy atom. The minimum atomic E-state index is 0.374. The van der Waals surface area contributed by atoms with E-state index in [1.165, 1.54) is 12.8 Å². The summed E-state index contributed by atoms with van der Waals surface area (Å²) < 4.78 is 0. The predicted octanol–water partition coefficient (Wildman–Crippen LogP) is 1.50. The molecule has 0 aliphatic heterocycles. The summed E-state index contributed by atoms with van der Waals surface area (Å²) >= 11 is 0. The standard InChI is InChI=1S/C9H22N2/c1-4-6-9(11-3)7-8(10)5-2/h8-9,11H,4-7,10H2,1-3H3. The summed E-state index contributed by atoms with van der Waals surface area (Å²) in [6, 6.07) is 0.994. The molecule has 2 atom stereocenters. The third kappa shape index (κ3) is 5.22. The molecule has 0 aliphatic carbocycles. The molecule has 2 unspecified atom stereocenters. The van der Waals surface area contributed by atoms with Gasteiger partial charge >= 0.3 is 0 Å². The van der Waals surface area contributed by atoms with Gasteiger partial charge in [0, 0.05) is 12.1 Å². The zero-order valence-electron chi connectivity index (χ0n) is 8.06. The van der Waals surface area contributed by atoms with Crippen LogP contribution in [0.5, 0.6) is 0 Å². The van der Waals surface area contributed by atoms with Gasteiger partial charge in [-0.05, 0) is 26.3 Å². The third-order valence-corrected chi connectivity index (χ3v) is 2.16. The number of hydrogen-bond acceptors (Lipinski definition) is 2. The number of nitrogens with two attached hydrogens (primary N) is 1. The van der Waals surface area contributed by atoms with Crippen LogP contribution in [-0.4, -0.2) is 19.1 Å². The van der Waals surface area contributed by atoms with Gasteiger partial charge in [-0.1, -0.05) is 20.3 Å². The molecule has 2 heteroatoms. The molecular formula is C9H22N2. The maximum Gasteiger partial charge on any atom is 0.00786 e. The first-order chi connectivity index (χ1) is 5.24. The zero-order valence-corrected chi connectivity index (χ0v) is 8.06. The molecule has 0 radical (unpaired) electrons. The molecule has 0 aliphatic rings. The fraction of sp³-hybridized carbons (Fsp3) is 1.00. The van der Waals surface area contributed by atoms with Crippen molar-refractivity contribution in [3.63, 3.8) is 0 Å². The number of hydrogen-bond donors (Lipinski definition) is 2. The Morgan fingerprint density at radius 2 is 2.00 bits per heavy atom. The molecule has 0 rings (SSSR count). The Morgan fingerprint density at radius 1 is 1.36 bits per heavy atom. The molecule has 0 aromatic heterocycles. The highest BCUT2D eigenvalue weighted by molar-refractivity contribution is 4.70. The lowest BCUT2D eigenvalue weighted by Gasteiger charge is -2.18. The van der Waals surface area contributed by atoms with E-state index in [2.05, 4.69) is 19.2 Å². The van der Waals surface area contributed by atoms with E-state index in [1.807, 2.05) is 7.05 Å². The second-order valence-corrected chi connectivity index (χ2v) is 3.18. The Hall–Kier alpha value is -0.0800. The van der Waals surface area contributed by atoms with E-state index in [-0.39, 0.29) is 0 Å². The van der Waals surface area contributed by atoms with Crippen LogP contribution in [0.25, 0.3) is 0 Å². The van der Waals surface area contributed by atoms with E-state index in [1.54, 1.807) is 0 Å². The topological polar surface area (TPSA) is 38.0 Å². The minimum Gasteiger partial charge on any atom is -0.328 e. The highest BCUT2D eigenvalue weighted by atomic mass is 14.9. The van der Waals surface area contributed by atoms with Gasteiger partial charge in [0.15, 0.2) is 0 Å². The first-order valence-electron chi connectivity index (χ1n) is 4.67. The van der Waals surface area contributed by atoms with Crippen LogP contribution in [0.1, 0.15) is 39.5 Å². The maximum absolute atomic E-state index is 5.84. The van der Waals surface area contributed by atoms with Gasteiger partial charge in [0.1, 0.15) is 0 Å². The van der Waals surface area contributed by atoms with Crippen LogP contribution >= 0.6 is 0 Å². The molecule has 0 saturated heterocycles. The van der Waals surface area contributed by atoms with Crippen molar-refractivity contribution in [3.8, 4) is 0 Å². The Labute approximate surface area is 70.5 Å². The first-order valence-corrected chi connectivity index (χ1v) is 4.67. The molecule has 0 bridgehead atoms. The average molecular weight is 158 g/mol. The lowest BCUT2D eigenvalue weighted by atomic mass is 10.0. The van der Waals surface area contributed by atoms with Crippen molar-refractivity contribution in [2.24, 2.45) is 5.73 Å². The molecule has 3 N–H and O–H groups in total. The summed E-state index contributed by atoms with van der Waals surface area (Å²) in [5, 5.41) is 3.29. The molecular weight excluding hydrogens is 136 g/mol. The van der Waals surface area contributed by atoms with Crippen LogP contribution in [0.2, 0.25) is 0 Å². The minimum absolute atomic E-state index is 0.374. The van der Waals surface area contributed by atoms with Crippen LogP contribution < -0.4 is 11.1 Å². The van der Waals surface area contributed by atoms with Crippen molar-refractivity contribution >= 4 is 0 Å². The van der Waals surface area contributed by atoms with Gasteiger partial charge in [0.05, 0.1) is 0 Å². The predicted molar refractivity (Wildman–Crippen MR) is 50.6 cm³/mol. The van der Waals surface area contributed by atoms with Crippen LogP contribution in [0.3, 0.4) is 0 Å². The first kappa shape index (κ1) is 10.9. The molecule has 0 fully saturated rings. The van der Waals surface area contributed by atoms with E-state index in [0.29, 0.717) is 12.1 Å². The number of nitrogens with one attached hydrogen (secondary N) is 1. The second kappa shape index (κ2) is 6.62. The van der Waals surface area contributed by atoms with Crippen molar-refractivity contribution in [3.05, 3.63) is 0 Å². The molecule has 0 spiro atoms. The largest absolute Gasteiger partial charge is 0.328 e. The summed E-state index contributed by atoms with van der Waals surface area (Å²) in [5.41, 5.74) is 5.84. The average Bonchev–Trinajstić information content (AvgIpc) is 2.03. The summed E-state index contributed by atoms with van der Waals surface area (Å²) in [4.78, 5) is 0.